The van der Waals surface area contributed by atoms with Crippen molar-refractivity contribution in [3.63, 3.8) is 0 Å². The van der Waals surface area contributed by atoms with Crippen LogP contribution in [-0.4, -0.2) is 19.1 Å². The Balaban J connectivity index is 1.77. The Labute approximate surface area is 87.2 Å². The average molecular weight is 194 g/mol. The molecule has 2 aliphatic rings. The van der Waals surface area contributed by atoms with Gasteiger partial charge in [0.05, 0.1) is 0 Å². The first-order valence-electron chi connectivity index (χ1n) is 6.08. The maximum atomic E-state index is 3.67. The molecule has 2 heteroatoms. The second kappa shape index (κ2) is 4.83. The van der Waals surface area contributed by atoms with Crippen molar-refractivity contribution in [2.75, 3.05) is 13.1 Å². The van der Waals surface area contributed by atoms with Crippen LogP contribution in [0.15, 0.2) is 11.8 Å². The van der Waals surface area contributed by atoms with Gasteiger partial charge in [-0.3, -0.25) is 0 Å². The van der Waals surface area contributed by atoms with E-state index < -0.39 is 0 Å². The molecule has 1 saturated carbocycles. The summed E-state index contributed by atoms with van der Waals surface area (Å²) in [5, 5.41) is 7.05. The maximum absolute atomic E-state index is 3.67. The fraction of sp³-hybridized carbons (Fsp3) is 0.833. The van der Waals surface area contributed by atoms with Gasteiger partial charge in [-0.15, -0.1) is 0 Å². The monoisotopic (exact) mass is 194 g/mol. The van der Waals surface area contributed by atoms with Crippen molar-refractivity contribution >= 4 is 0 Å². The van der Waals surface area contributed by atoms with Gasteiger partial charge in [0, 0.05) is 18.3 Å². The average Bonchev–Trinajstić information content (AvgIpc) is 2.60. The largest absolute Gasteiger partial charge is 0.385 e. The van der Waals surface area contributed by atoms with Crippen molar-refractivity contribution in [3.8, 4) is 0 Å². The van der Waals surface area contributed by atoms with E-state index in [9.17, 15) is 0 Å². The lowest BCUT2D eigenvalue weighted by molar-refractivity contribution is 0.348. The molecule has 0 radical (unpaired) electrons. The van der Waals surface area contributed by atoms with E-state index >= 15 is 0 Å². The highest BCUT2D eigenvalue weighted by molar-refractivity contribution is 5.14. The summed E-state index contributed by atoms with van der Waals surface area (Å²) in [6.07, 6.45) is 9.30. The molecular weight excluding hydrogens is 172 g/mol. The van der Waals surface area contributed by atoms with Gasteiger partial charge in [0.1, 0.15) is 0 Å². The molecule has 0 bridgehead atoms. The lowest BCUT2D eigenvalue weighted by Crippen LogP contribution is -2.31. The van der Waals surface area contributed by atoms with E-state index in [-0.39, 0.29) is 0 Å². The molecule has 2 rings (SSSR count). The number of nitrogens with one attached hydrogen (secondary N) is 2. The first-order valence-corrected chi connectivity index (χ1v) is 6.08. The van der Waals surface area contributed by atoms with Crippen LogP contribution in [0.5, 0.6) is 0 Å². The molecule has 80 valence electrons. The SMILES string of the molecule is CCNCCC1=CC2CCCCC2N1. The van der Waals surface area contributed by atoms with Crippen LogP contribution in [0.3, 0.4) is 0 Å². The highest BCUT2D eigenvalue weighted by Crippen LogP contribution is 2.31. The van der Waals surface area contributed by atoms with Gasteiger partial charge < -0.3 is 10.6 Å². The van der Waals surface area contributed by atoms with Crippen LogP contribution in [0.1, 0.15) is 39.0 Å². The summed E-state index contributed by atoms with van der Waals surface area (Å²) in [6.45, 7) is 4.37. The first kappa shape index (κ1) is 10.0. The van der Waals surface area contributed by atoms with E-state index in [0.717, 1.165) is 25.0 Å². The van der Waals surface area contributed by atoms with E-state index in [1.807, 2.05) is 0 Å². The van der Waals surface area contributed by atoms with Crippen LogP contribution < -0.4 is 10.6 Å². The number of fused-ring (bicyclic) bond motifs is 1. The van der Waals surface area contributed by atoms with E-state index in [1.54, 1.807) is 0 Å². The molecule has 1 aliphatic heterocycles. The van der Waals surface area contributed by atoms with Crippen LogP contribution in [0.2, 0.25) is 0 Å². The third-order valence-electron chi connectivity index (χ3n) is 3.43. The maximum Gasteiger partial charge on any atom is 0.0321 e. The number of hydrogen-bond donors (Lipinski definition) is 2. The van der Waals surface area contributed by atoms with Crippen LogP contribution >= 0.6 is 0 Å². The first-order chi connectivity index (χ1) is 6.90. The Morgan fingerprint density at radius 3 is 3.07 bits per heavy atom. The minimum absolute atomic E-state index is 0.778. The molecule has 0 aromatic rings. The smallest absolute Gasteiger partial charge is 0.0321 e. The molecular formula is C12H22N2. The van der Waals surface area contributed by atoms with Crippen LogP contribution in [-0.2, 0) is 0 Å². The highest BCUT2D eigenvalue weighted by atomic mass is 15.0. The van der Waals surface area contributed by atoms with Crippen molar-refractivity contribution in [2.24, 2.45) is 5.92 Å². The van der Waals surface area contributed by atoms with E-state index in [2.05, 4.69) is 23.6 Å². The van der Waals surface area contributed by atoms with E-state index in [1.165, 1.54) is 37.8 Å². The zero-order chi connectivity index (χ0) is 9.80. The Bertz CT molecular complexity index is 210. The lowest BCUT2D eigenvalue weighted by Gasteiger charge is -2.25. The van der Waals surface area contributed by atoms with Gasteiger partial charge in [-0.1, -0.05) is 25.8 Å². The Kier molecular flexibility index (Phi) is 3.46. The molecule has 2 unspecified atom stereocenters. The highest BCUT2D eigenvalue weighted by Gasteiger charge is 2.28. The van der Waals surface area contributed by atoms with Crippen LogP contribution in [0, 0.1) is 5.92 Å². The molecule has 1 heterocycles. The third kappa shape index (κ3) is 2.30. The molecule has 1 fully saturated rings. The minimum atomic E-state index is 0.778. The van der Waals surface area contributed by atoms with Crippen molar-refractivity contribution in [1.29, 1.82) is 0 Å². The molecule has 1 aliphatic carbocycles. The van der Waals surface area contributed by atoms with Gasteiger partial charge in [-0.2, -0.15) is 0 Å². The predicted octanol–water partition coefficient (Wildman–Crippen LogP) is 2.03. The molecule has 0 aromatic heterocycles. The summed E-state index contributed by atoms with van der Waals surface area (Å²) >= 11 is 0. The van der Waals surface area contributed by atoms with Crippen molar-refractivity contribution < 1.29 is 0 Å². The van der Waals surface area contributed by atoms with Crippen LogP contribution in [0.4, 0.5) is 0 Å². The number of hydrogen-bond acceptors (Lipinski definition) is 2. The van der Waals surface area contributed by atoms with Crippen molar-refractivity contribution in [2.45, 2.75) is 45.1 Å². The summed E-state index contributed by atoms with van der Waals surface area (Å²) in [5.74, 6) is 0.848. The molecule has 0 aromatic carbocycles. The molecule has 0 spiro atoms. The lowest BCUT2D eigenvalue weighted by atomic mass is 9.86. The van der Waals surface area contributed by atoms with Gasteiger partial charge in [-0.25, -0.2) is 0 Å². The standard InChI is InChI=1S/C12H22N2/c1-2-13-8-7-11-9-10-5-3-4-6-12(10)14-11/h9-10,12-14H,2-8H2,1H3. The Morgan fingerprint density at radius 2 is 2.29 bits per heavy atom. The Morgan fingerprint density at radius 1 is 1.43 bits per heavy atom. The summed E-state index contributed by atoms with van der Waals surface area (Å²) in [7, 11) is 0. The van der Waals surface area contributed by atoms with Gasteiger partial charge in [0.15, 0.2) is 0 Å². The molecule has 0 amide bonds. The van der Waals surface area contributed by atoms with E-state index in [0.29, 0.717) is 0 Å². The fourth-order valence-corrected chi connectivity index (χ4v) is 2.64. The zero-order valence-corrected chi connectivity index (χ0v) is 9.18. The normalized spacial score (nSPS) is 30.8. The summed E-state index contributed by atoms with van der Waals surface area (Å²) in [5.41, 5.74) is 1.49. The third-order valence-corrected chi connectivity index (χ3v) is 3.43. The Hall–Kier alpha value is -0.500. The van der Waals surface area contributed by atoms with Gasteiger partial charge in [0.25, 0.3) is 0 Å². The summed E-state index contributed by atoms with van der Waals surface area (Å²) in [6, 6.07) is 0.778. The topological polar surface area (TPSA) is 24.1 Å². The van der Waals surface area contributed by atoms with Gasteiger partial charge in [0.2, 0.25) is 0 Å². The van der Waals surface area contributed by atoms with Crippen LogP contribution in [0.25, 0.3) is 0 Å². The van der Waals surface area contributed by atoms with E-state index in [4.69, 9.17) is 0 Å². The zero-order valence-electron chi connectivity index (χ0n) is 9.18. The molecule has 0 saturated heterocycles. The molecule has 14 heavy (non-hydrogen) atoms. The quantitative estimate of drug-likeness (QED) is 0.669. The molecule has 2 N–H and O–H groups in total. The van der Waals surface area contributed by atoms with Crippen molar-refractivity contribution in [3.05, 3.63) is 11.8 Å². The molecule has 2 atom stereocenters. The summed E-state index contributed by atoms with van der Waals surface area (Å²) in [4.78, 5) is 0. The van der Waals surface area contributed by atoms with Gasteiger partial charge >= 0.3 is 0 Å². The molecule has 2 nitrogen and oxygen atoms in total. The second-order valence-corrected chi connectivity index (χ2v) is 4.49. The number of rotatable bonds is 4. The summed E-state index contributed by atoms with van der Waals surface area (Å²) < 4.78 is 0. The minimum Gasteiger partial charge on any atom is -0.385 e. The van der Waals surface area contributed by atoms with Crippen molar-refractivity contribution in [1.82, 2.24) is 10.6 Å². The van der Waals surface area contributed by atoms with Gasteiger partial charge in [-0.05, 0) is 31.7 Å². The predicted molar refractivity (Wildman–Crippen MR) is 60.1 cm³/mol. The second-order valence-electron chi connectivity index (χ2n) is 4.49. The fourth-order valence-electron chi connectivity index (χ4n) is 2.64.